The molecule has 0 aliphatic rings. The third-order valence-electron chi connectivity index (χ3n) is 2.70. The first kappa shape index (κ1) is 12.5. The van der Waals surface area contributed by atoms with Crippen LogP contribution in [0.25, 0.3) is 0 Å². The first-order valence-corrected chi connectivity index (χ1v) is 5.57. The molecule has 0 fully saturated rings. The Hall–Kier alpha value is -1.53. The van der Waals surface area contributed by atoms with E-state index in [0.29, 0.717) is 5.92 Å². The lowest BCUT2D eigenvalue weighted by Crippen LogP contribution is -2.19. The molecule has 86 valence electrons. The normalized spacial score (nSPS) is 12.2. The summed E-state index contributed by atoms with van der Waals surface area (Å²) in [5, 5.41) is 0. The van der Waals surface area contributed by atoms with E-state index >= 15 is 0 Å². The molecule has 0 saturated carbocycles. The second-order valence-corrected chi connectivity index (χ2v) is 4.22. The Bertz CT molecular complexity index is 367. The van der Waals surface area contributed by atoms with Crippen LogP contribution in [0, 0.1) is 11.8 Å². The van der Waals surface area contributed by atoms with Gasteiger partial charge in [0, 0.05) is 18.4 Å². The molecule has 0 saturated heterocycles. The van der Waals surface area contributed by atoms with E-state index in [1.165, 1.54) is 6.08 Å². The average molecular weight is 218 g/mol. The number of hydrogen-bond donors (Lipinski definition) is 0. The number of furan rings is 1. The van der Waals surface area contributed by atoms with Crippen molar-refractivity contribution in [3.05, 3.63) is 42.5 Å². The van der Waals surface area contributed by atoms with Crippen molar-refractivity contribution in [2.75, 3.05) is 0 Å². The number of hydrogen-bond acceptors (Lipinski definition) is 2. The third kappa shape index (κ3) is 3.56. The van der Waals surface area contributed by atoms with Crippen molar-refractivity contribution in [1.29, 1.82) is 0 Å². The van der Waals surface area contributed by atoms with Crippen molar-refractivity contribution in [1.82, 2.24) is 0 Å². The monoisotopic (exact) mass is 218 g/mol. The molecule has 0 amide bonds. The van der Waals surface area contributed by atoms with Crippen LogP contribution in [0.5, 0.6) is 0 Å². The predicted octanol–water partition coefficient (Wildman–Crippen LogP) is 3.39. The van der Waals surface area contributed by atoms with Gasteiger partial charge in [-0.25, -0.2) is 0 Å². The highest BCUT2D eigenvalue weighted by Crippen LogP contribution is 2.19. The van der Waals surface area contributed by atoms with Crippen LogP contribution in [0.15, 0.2) is 41.2 Å². The lowest BCUT2D eigenvalue weighted by molar-refractivity contribution is -0.119. The van der Waals surface area contributed by atoms with Gasteiger partial charge in [0.25, 0.3) is 0 Å². The molecule has 0 aliphatic carbocycles. The van der Waals surface area contributed by atoms with Gasteiger partial charge in [-0.2, -0.15) is 0 Å². The summed E-state index contributed by atoms with van der Waals surface area (Å²) >= 11 is 0. The molecule has 1 heterocycles. The Kier molecular flexibility index (Phi) is 4.81. The van der Waals surface area contributed by atoms with Gasteiger partial charge >= 0.3 is 0 Å². The van der Waals surface area contributed by atoms with E-state index in [4.69, 9.17) is 4.42 Å². The molecule has 1 rings (SSSR count). The first-order valence-electron chi connectivity index (χ1n) is 5.57. The summed E-state index contributed by atoms with van der Waals surface area (Å²) in [7, 11) is 0. The summed E-state index contributed by atoms with van der Waals surface area (Å²) in [5.74, 6) is 1.39. The van der Waals surface area contributed by atoms with Gasteiger partial charge in [-0.05, 0) is 24.5 Å². The smallest absolute Gasteiger partial charge is 0.166 e. The maximum atomic E-state index is 11.8. The molecule has 0 spiro atoms. The minimum Gasteiger partial charge on any atom is -0.469 e. The van der Waals surface area contributed by atoms with Crippen molar-refractivity contribution in [2.45, 2.75) is 26.7 Å². The van der Waals surface area contributed by atoms with Gasteiger partial charge < -0.3 is 4.42 Å². The molecule has 0 bridgehead atoms. The maximum Gasteiger partial charge on any atom is 0.166 e. The number of ketones is 1. The van der Waals surface area contributed by atoms with E-state index < -0.39 is 0 Å². The van der Waals surface area contributed by atoms with Gasteiger partial charge in [-0.3, -0.25) is 4.79 Å². The minimum atomic E-state index is 0.0272. The number of carbonyl (C=O) groups excluding carboxylic acids is 1. The molecule has 0 aromatic carbocycles. The van der Waals surface area contributed by atoms with E-state index in [9.17, 15) is 4.79 Å². The standard InChI is InChI=1S/C14H18O2/c1-4-6-14(15)13(11(2)3)9-8-12-7-5-10-16-12/h5-7,10-11,13H,1,8-9H2,2-3H3. The molecule has 2 heteroatoms. The highest BCUT2D eigenvalue weighted by molar-refractivity contribution is 5.91. The molecular formula is C14H18O2. The van der Waals surface area contributed by atoms with E-state index in [1.807, 2.05) is 12.1 Å². The number of allylic oxidation sites excluding steroid dienone is 1. The zero-order valence-electron chi connectivity index (χ0n) is 9.90. The summed E-state index contributed by atoms with van der Waals surface area (Å²) in [5.41, 5.74) is 2.55. The predicted molar refractivity (Wildman–Crippen MR) is 64.1 cm³/mol. The van der Waals surface area contributed by atoms with Crippen LogP contribution in [0.4, 0.5) is 0 Å². The Balaban J connectivity index is 2.58. The first-order chi connectivity index (χ1) is 7.65. The quantitative estimate of drug-likeness (QED) is 0.541. The largest absolute Gasteiger partial charge is 0.469 e. The Morgan fingerprint density at radius 3 is 2.88 bits per heavy atom. The van der Waals surface area contributed by atoms with E-state index in [2.05, 4.69) is 26.2 Å². The summed E-state index contributed by atoms with van der Waals surface area (Å²) in [6.45, 7) is 7.55. The van der Waals surface area contributed by atoms with Gasteiger partial charge in [-0.1, -0.05) is 20.4 Å². The highest BCUT2D eigenvalue weighted by Gasteiger charge is 2.20. The number of rotatable bonds is 6. The van der Waals surface area contributed by atoms with Gasteiger partial charge in [0.2, 0.25) is 0 Å². The highest BCUT2D eigenvalue weighted by atomic mass is 16.3. The molecular weight excluding hydrogens is 200 g/mol. The summed E-state index contributed by atoms with van der Waals surface area (Å²) in [6.07, 6.45) is 4.70. The molecule has 16 heavy (non-hydrogen) atoms. The molecule has 2 nitrogen and oxygen atoms in total. The fourth-order valence-electron chi connectivity index (χ4n) is 1.76. The van der Waals surface area contributed by atoms with Crippen LogP contribution in [0.1, 0.15) is 26.0 Å². The van der Waals surface area contributed by atoms with Crippen LogP contribution in [-0.4, -0.2) is 5.78 Å². The Morgan fingerprint density at radius 1 is 1.62 bits per heavy atom. The summed E-state index contributed by atoms with van der Waals surface area (Å²) < 4.78 is 5.25. The fourth-order valence-corrected chi connectivity index (χ4v) is 1.76. The van der Waals surface area contributed by atoms with E-state index in [-0.39, 0.29) is 11.7 Å². The van der Waals surface area contributed by atoms with Crippen molar-refractivity contribution in [2.24, 2.45) is 11.8 Å². The average Bonchev–Trinajstić information content (AvgIpc) is 2.70. The number of carbonyl (C=O) groups is 1. The summed E-state index contributed by atoms with van der Waals surface area (Å²) in [4.78, 5) is 11.8. The molecule has 0 N–H and O–H groups in total. The molecule has 0 aliphatic heterocycles. The lowest BCUT2D eigenvalue weighted by atomic mass is 9.87. The van der Waals surface area contributed by atoms with E-state index in [0.717, 1.165) is 18.6 Å². The Labute approximate surface area is 96.7 Å². The Morgan fingerprint density at radius 2 is 2.38 bits per heavy atom. The van der Waals surface area contributed by atoms with Crippen LogP contribution in [0.2, 0.25) is 0 Å². The second kappa shape index (κ2) is 6.14. The van der Waals surface area contributed by atoms with E-state index in [1.54, 1.807) is 6.26 Å². The molecule has 1 aromatic heterocycles. The minimum absolute atomic E-state index is 0.0272. The van der Waals surface area contributed by atoms with Crippen molar-refractivity contribution < 1.29 is 9.21 Å². The summed E-state index contributed by atoms with van der Waals surface area (Å²) in [6, 6.07) is 3.80. The van der Waals surface area contributed by atoms with Crippen molar-refractivity contribution >= 4 is 5.78 Å². The molecule has 0 radical (unpaired) electrons. The maximum absolute atomic E-state index is 11.8. The zero-order valence-corrected chi connectivity index (χ0v) is 9.90. The van der Waals surface area contributed by atoms with Gasteiger partial charge in [0.1, 0.15) is 5.76 Å². The van der Waals surface area contributed by atoms with Crippen molar-refractivity contribution in [3.63, 3.8) is 0 Å². The van der Waals surface area contributed by atoms with Crippen LogP contribution < -0.4 is 0 Å². The van der Waals surface area contributed by atoms with Gasteiger partial charge in [-0.15, -0.1) is 5.73 Å². The van der Waals surface area contributed by atoms with Gasteiger partial charge in [0.05, 0.1) is 6.26 Å². The molecule has 1 aromatic rings. The van der Waals surface area contributed by atoms with Crippen LogP contribution >= 0.6 is 0 Å². The SMILES string of the molecule is C=C=CC(=O)C(CCc1ccco1)C(C)C. The van der Waals surface area contributed by atoms with Crippen molar-refractivity contribution in [3.8, 4) is 0 Å². The molecule has 1 atom stereocenters. The van der Waals surface area contributed by atoms with Crippen LogP contribution in [0.3, 0.4) is 0 Å². The number of aryl methyl sites for hydroxylation is 1. The van der Waals surface area contributed by atoms with Crippen LogP contribution in [-0.2, 0) is 11.2 Å². The second-order valence-electron chi connectivity index (χ2n) is 4.22. The molecule has 1 unspecified atom stereocenters. The zero-order chi connectivity index (χ0) is 12.0. The lowest BCUT2D eigenvalue weighted by Gasteiger charge is -2.16. The van der Waals surface area contributed by atoms with Gasteiger partial charge in [0.15, 0.2) is 5.78 Å². The topological polar surface area (TPSA) is 30.2 Å². The third-order valence-corrected chi connectivity index (χ3v) is 2.70. The fraction of sp³-hybridized carbons (Fsp3) is 0.429.